The van der Waals surface area contributed by atoms with Crippen molar-refractivity contribution in [2.75, 3.05) is 0 Å². The highest BCUT2D eigenvalue weighted by Gasteiger charge is 2.12. The van der Waals surface area contributed by atoms with Crippen molar-refractivity contribution in [1.29, 1.82) is 0 Å². The molecule has 0 aromatic heterocycles. The van der Waals surface area contributed by atoms with Crippen LogP contribution in [0.1, 0.15) is 323 Å². The van der Waals surface area contributed by atoms with Crippen LogP contribution in [0.2, 0.25) is 0 Å². The summed E-state index contributed by atoms with van der Waals surface area (Å²) in [7, 11) is 0. The van der Waals surface area contributed by atoms with Gasteiger partial charge in [-0.2, -0.15) is 0 Å². The van der Waals surface area contributed by atoms with Gasteiger partial charge >= 0.3 is 0 Å². The van der Waals surface area contributed by atoms with Crippen molar-refractivity contribution >= 4 is 0 Å². The summed E-state index contributed by atoms with van der Waals surface area (Å²) >= 11 is 0. The van der Waals surface area contributed by atoms with Gasteiger partial charge in [-0.05, 0) is 11.8 Å². The van der Waals surface area contributed by atoms with Crippen molar-refractivity contribution in [3.05, 3.63) is 0 Å². The van der Waals surface area contributed by atoms with E-state index in [0.717, 1.165) is 11.8 Å². The summed E-state index contributed by atoms with van der Waals surface area (Å²) in [5, 5.41) is 0. The minimum Gasteiger partial charge on any atom is -0.0654 e. The lowest BCUT2D eigenvalue weighted by atomic mass is 9.87. The predicted molar refractivity (Wildman–Crippen MR) is 242 cm³/mol. The van der Waals surface area contributed by atoms with Gasteiger partial charge in [0.2, 0.25) is 0 Å². The summed E-state index contributed by atoms with van der Waals surface area (Å²) in [5.41, 5.74) is 0. The van der Waals surface area contributed by atoms with Gasteiger partial charge in [0, 0.05) is 0 Å². The molecular formula is C52H106. The molecule has 0 radical (unpaired) electrons. The smallest absolute Gasteiger partial charge is 0.0414 e. The highest BCUT2D eigenvalue weighted by molar-refractivity contribution is 4.65. The van der Waals surface area contributed by atoms with Crippen LogP contribution in [0.15, 0.2) is 0 Å². The van der Waals surface area contributed by atoms with E-state index in [1.54, 1.807) is 0 Å². The number of hydrogen-bond donors (Lipinski definition) is 0. The molecule has 0 saturated heterocycles. The second kappa shape index (κ2) is 47.2. The van der Waals surface area contributed by atoms with Crippen molar-refractivity contribution in [3.63, 3.8) is 0 Å². The lowest BCUT2D eigenvalue weighted by Gasteiger charge is -2.19. The summed E-state index contributed by atoms with van der Waals surface area (Å²) in [5.74, 6) is 2.05. The molecule has 0 nitrogen and oxygen atoms in total. The van der Waals surface area contributed by atoms with E-state index in [9.17, 15) is 0 Å². The van der Waals surface area contributed by atoms with E-state index >= 15 is 0 Å². The molecule has 0 amide bonds. The summed E-state index contributed by atoms with van der Waals surface area (Å²) in [6.45, 7) is 9.38. The maximum Gasteiger partial charge on any atom is -0.0414 e. The average Bonchev–Trinajstić information content (AvgIpc) is 3.16. The Hall–Kier alpha value is 0. The molecule has 0 aromatic rings. The number of hydrogen-bond acceptors (Lipinski definition) is 0. The maximum absolute atomic E-state index is 2.39. The molecule has 52 heavy (non-hydrogen) atoms. The molecule has 0 N–H and O–H groups in total. The van der Waals surface area contributed by atoms with Gasteiger partial charge in [0.1, 0.15) is 0 Å². The van der Waals surface area contributed by atoms with Gasteiger partial charge in [0.25, 0.3) is 0 Å². The molecule has 0 heterocycles. The molecule has 0 saturated carbocycles. The van der Waals surface area contributed by atoms with Crippen molar-refractivity contribution in [2.45, 2.75) is 323 Å². The molecule has 0 spiro atoms. The molecule has 2 atom stereocenters. The van der Waals surface area contributed by atoms with E-state index in [-0.39, 0.29) is 0 Å². The van der Waals surface area contributed by atoms with E-state index in [1.807, 2.05) is 0 Å². The first-order valence-electron chi connectivity index (χ1n) is 25.8. The van der Waals surface area contributed by atoms with Crippen LogP contribution < -0.4 is 0 Å². The fourth-order valence-electron chi connectivity index (χ4n) is 9.05. The van der Waals surface area contributed by atoms with Crippen LogP contribution in [0.25, 0.3) is 0 Å². The first-order valence-corrected chi connectivity index (χ1v) is 25.8. The predicted octanol–water partition coefficient (Wildman–Crippen LogP) is 20.2. The molecule has 0 heteroatoms. The molecule has 314 valence electrons. The Bertz CT molecular complexity index is 593. The monoisotopic (exact) mass is 731 g/mol. The molecule has 0 aliphatic carbocycles. The third-order valence-electron chi connectivity index (χ3n) is 12.8. The molecule has 0 aliphatic rings. The SMILES string of the molecule is CCCCCCCCCCCCCCCCCCCCCCCC(CCCCCCCCCC)CCCCC(CCCC)CCCCCCCCC. The van der Waals surface area contributed by atoms with E-state index in [4.69, 9.17) is 0 Å². The summed E-state index contributed by atoms with van der Waals surface area (Å²) in [6.07, 6.45) is 68.2. The van der Waals surface area contributed by atoms with Gasteiger partial charge in [-0.1, -0.05) is 323 Å². The first kappa shape index (κ1) is 52.0. The summed E-state index contributed by atoms with van der Waals surface area (Å²) < 4.78 is 0. The van der Waals surface area contributed by atoms with Gasteiger partial charge in [-0.3, -0.25) is 0 Å². The van der Waals surface area contributed by atoms with Crippen LogP contribution in [0.5, 0.6) is 0 Å². The summed E-state index contributed by atoms with van der Waals surface area (Å²) in [4.78, 5) is 0. The standard InChI is InChI=1S/C52H106/c1-5-9-13-16-19-21-22-23-24-25-26-27-28-29-30-31-32-33-36-39-42-48-52(47-41-38-35-20-17-14-10-6-2)50-44-43-49-51(45-12-8-4)46-40-37-34-18-15-11-7-3/h51-52H,5-50H2,1-4H3. The zero-order chi connectivity index (χ0) is 37.7. The molecule has 2 unspecified atom stereocenters. The Kier molecular flexibility index (Phi) is 47.2. The normalized spacial score (nSPS) is 12.9. The van der Waals surface area contributed by atoms with E-state index in [0.29, 0.717) is 0 Å². The second-order valence-electron chi connectivity index (χ2n) is 18.2. The van der Waals surface area contributed by atoms with Gasteiger partial charge in [-0.15, -0.1) is 0 Å². The van der Waals surface area contributed by atoms with Gasteiger partial charge < -0.3 is 0 Å². The average molecular weight is 731 g/mol. The van der Waals surface area contributed by atoms with Crippen molar-refractivity contribution in [1.82, 2.24) is 0 Å². The Morgan fingerprint density at radius 3 is 0.481 bits per heavy atom. The minimum atomic E-state index is 1.02. The van der Waals surface area contributed by atoms with Crippen molar-refractivity contribution in [2.24, 2.45) is 11.8 Å². The summed E-state index contributed by atoms with van der Waals surface area (Å²) in [6, 6.07) is 0. The van der Waals surface area contributed by atoms with Crippen LogP contribution in [0, 0.1) is 11.8 Å². The topological polar surface area (TPSA) is 0 Å². The lowest BCUT2D eigenvalue weighted by molar-refractivity contribution is 0.339. The lowest BCUT2D eigenvalue weighted by Crippen LogP contribution is -2.04. The number of unbranched alkanes of at least 4 members (excludes halogenated alkanes) is 35. The number of rotatable bonds is 47. The zero-order valence-corrected chi connectivity index (χ0v) is 37.7. The van der Waals surface area contributed by atoms with E-state index in [2.05, 4.69) is 27.7 Å². The second-order valence-corrected chi connectivity index (χ2v) is 18.2. The van der Waals surface area contributed by atoms with E-state index < -0.39 is 0 Å². The zero-order valence-electron chi connectivity index (χ0n) is 37.7. The van der Waals surface area contributed by atoms with Crippen LogP contribution in [-0.4, -0.2) is 0 Å². The van der Waals surface area contributed by atoms with Crippen LogP contribution in [-0.2, 0) is 0 Å². The first-order chi connectivity index (χ1) is 25.8. The van der Waals surface area contributed by atoms with Gasteiger partial charge in [0.15, 0.2) is 0 Å². The molecule has 0 aromatic carbocycles. The maximum atomic E-state index is 2.39. The van der Waals surface area contributed by atoms with Crippen molar-refractivity contribution in [3.8, 4) is 0 Å². The highest BCUT2D eigenvalue weighted by atomic mass is 14.2. The minimum absolute atomic E-state index is 1.02. The largest absolute Gasteiger partial charge is 0.0654 e. The Balaban J connectivity index is 4.05. The fraction of sp³-hybridized carbons (Fsp3) is 1.00. The third-order valence-corrected chi connectivity index (χ3v) is 12.8. The van der Waals surface area contributed by atoms with E-state index in [1.165, 1.54) is 295 Å². The molecule has 0 rings (SSSR count). The Morgan fingerprint density at radius 2 is 0.288 bits per heavy atom. The third kappa shape index (κ3) is 42.7. The fourth-order valence-corrected chi connectivity index (χ4v) is 9.05. The highest BCUT2D eigenvalue weighted by Crippen LogP contribution is 2.28. The van der Waals surface area contributed by atoms with Crippen LogP contribution in [0.3, 0.4) is 0 Å². The van der Waals surface area contributed by atoms with Gasteiger partial charge in [-0.25, -0.2) is 0 Å². The van der Waals surface area contributed by atoms with Gasteiger partial charge in [0.05, 0.1) is 0 Å². The molecule has 0 fully saturated rings. The Labute approximate surface area is 333 Å². The van der Waals surface area contributed by atoms with Crippen LogP contribution in [0.4, 0.5) is 0 Å². The van der Waals surface area contributed by atoms with Crippen molar-refractivity contribution < 1.29 is 0 Å². The Morgan fingerprint density at radius 1 is 0.154 bits per heavy atom. The molecular weight excluding hydrogens is 625 g/mol. The quantitative estimate of drug-likeness (QED) is 0.0547. The molecule has 0 aliphatic heterocycles. The van der Waals surface area contributed by atoms with Crippen LogP contribution >= 0.6 is 0 Å². The molecule has 0 bridgehead atoms.